The average Bonchev–Trinajstić information content (AvgIpc) is 2.62. The van der Waals surface area contributed by atoms with Gasteiger partial charge in [0.25, 0.3) is 5.69 Å². The van der Waals surface area contributed by atoms with Gasteiger partial charge >= 0.3 is 0 Å². The fourth-order valence-corrected chi connectivity index (χ4v) is 2.43. The smallest absolute Gasteiger partial charge is 0.287 e. The Morgan fingerprint density at radius 3 is 2.35 bits per heavy atom. The first-order chi connectivity index (χ1) is 11.2. The number of methoxy groups -OCH3 is 1. The van der Waals surface area contributed by atoms with Crippen molar-refractivity contribution in [3.8, 4) is 5.88 Å². The Labute approximate surface area is 132 Å². The van der Waals surface area contributed by atoms with Gasteiger partial charge in [0.1, 0.15) is 12.0 Å². The van der Waals surface area contributed by atoms with Crippen molar-refractivity contribution in [2.75, 3.05) is 43.1 Å². The molecule has 120 valence electrons. The minimum Gasteiger partial charge on any atom is -0.480 e. The molecule has 9 nitrogen and oxygen atoms in total. The van der Waals surface area contributed by atoms with E-state index in [-0.39, 0.29) is 5.69 Å². The first-order valence-corrected chi connectivity index (χ1v) is 7.14. The SMILES string of the molecule is COc1cncc(N2CCN(c3ccc([N+](=O)[O-])cn3)CC2)n1. The molecule has 0 aliphatic carbocycles. The van der Waals surface area contributed by atoms with Gasteiger partial charge < -0.3 is 14.5 Å². The van der Waals surface area contributed by atoms with E-state index in [9.17, 15) is 10.1 Å². The zero-order chi connectivity index (χ0) is 16.2. The maximum absolute atomic E-state index is 10.7. The standard InChI is InChI=1S/C14H16N6O3/c1-23-14-10-15-9-13(17-14)19-6-4-18(5-7-19)12-3-2-11(8-16-12)20(21)22/h2-3,8-10H,4-7H2,1H3. The fourth-order valence-electron chi connectivity index (χ4n) is 2.43. The summed E-state index contributed by atoms with van der Waals surface area (Å²) in [6.07, 6.45) is 4.57. The van der Waals surface area contributed by atoms with Crippen molar-refractivity contribution in [1.29, 1.82) is 0 Å². The Kier molecular flexibility index (Phi) is 4.18. The van der Waals surface area contributed by atoms with E-state index < -0.39 is 4.92 Å². The number of nitrogens with zero attached hydrogens (tertiary/aromatic N) is 6. The lowest BCUT2D eigenvalue weighted by Crippen LogP contribution is -2.47. The van der Waals surface area contributed by atoms with Gasteiger partial charge in [-0.25, -0.2) is 4.98 Å². The van der Waals surface area contributed by atoms with Crippen LogP contribution < -0.4 is 14.5 Å². The molecule has 0 amide bonds. The molecular formula is C14H16N6O3. The maximum Gasteiger partial charge on any atom is 0.287 e. The van der Waals surface area contributed by atoms with Crippen LogP contribution in [0.5, 0.6) is 5.88 Å². The third kappa shape index (κ3) is 3.28. The fraction of sp³-hybridized carbons (Fsp3) is 0.357. The molecule has 3 rings (SSSR count). The summed E-state index contributed by atoms with van der Waals surface area (Å²) >= 11 is 0. The number of pyridine rings is 1. The predicted octanol–water partition coefficient (Wildman–Crippen LogP) is 1.11. The number of hydrogen-bond acceptors (Lipinski definition) is 8. The van der Waals surface area contributed by atoms with E-state index in [2.05, 4.69) is 24.8 Å². The summed E-state index contributed by atoms with van der Waals surface area (Å²) in [7, 11) is 1.56. The molecule has 0 N–H and O–H groups in total. The van der Waals surface area contributed by atoms with E-state index in [0.29, 0.717) is 5.88 Å². The quantitative estimate of drug-likeness (QED) is 0.611. The molecule has 1 aliphatic rings. The largest absolute Gasteiger partial charge is 0.480 e. The number of nitro groups is 1. The van der Waals surface area contributed by atoms with E-state index in [4.69, 9.17) is 4.74 Å². The van der Waals surface area contributed by atoms with Gasteiger partial charge in [-0.1, -0.05) is 0 Å². The second-order valence-corrected chi connectivity index (χ2v) is 5.03. The van der Waals surface area contributed by atoms with Gasteiger partial charge in [-0.2, -0.15) is 4.98 Å². The van der Waals surface area contributed by atoms with Crippen LogP contribution in [0.15, 0.2) is 30.7 Å². The zero-order valence-electron chi connectivity index (χ0n) is 12.6. The third-order valence-corrected chi connectivity index (χ3v) is 3.68. The van der Waals surface area contributed by atoms with E-state index in [1.165, 1.54) is 12.3 Å². The van der Waals surface area contributed by atoms with Crippen LogP contribution in [0.1, 0.15) is 0 Å². The van der Waals surface area contributed by atoms with Gasteiger partial charge in [0.05, 0.1) is 24.4 Å². The van der Waals surface area contributed by atoms with Gasteiger partial charge in [-0.3, -0.25) is 15.1 Å². The predicted molar refractivity (Wildman–Crippen MR) is 83.9 cm³/mol. The molecule has 1 aliphatic heterocycles. The monoisotopic (exact) mass is 316 g/mol. The lowest BCUT2D eigenvalue weighted by Gasteiger charge is -2.35. The molecule has 0 radical (unpaired) electrons. The maximum atomic E-state index is 10.7. The first-order valence-electron chi connectivity index (χ1n) is 7.14. The van der Waals surface area contributed by atoms with E-state index >= 15 is 0 Å². The summed E-state index contributed by atoms with van der Waals surface area (Å²) in [5, 5.41) is 10.7. The van der Waals surface area contributed by atoms with Crippen LogP contribution >= 0.6 is 0 Å². The van der Waals surface area contributed by atoms with Crippen molar-refractivity contribution < 1.29 is 9.66 Å². The van der Waals surface area contributed by atoms with Crippen molar-refractivity contribution >= 4 is 17.3 Å². The number of rotatable bonds is 4. The molecule has 1 saturated heterocycles. The summed E-state index contributed by atoms with van der Waals surface area (Å²) < 4.78 is 5.09. The van der Waals surface area contributed by atoms with Crippen LogP contribution in [0.4, 0.5) is 17.3 Å². The Morgan fingerprint density at radius 2 is 1.78 bits per heavy atom. The summed E-state index contributed by atoms with van der Waals surface area (Å²) in [4.78, 5) is 27.1. The highest BCUT2D eigenvalue weighted by atomic mass is 16.6. The molecule has 9 heteroatoms. The molecule has 0 unspecified atom stereocenters. The molecule has 0 atom stereocenters. The molecule has 0 bridgehead atoms. The summed E-state index contributed by atoms with van der Waals surface area (Å²) in [5.41, 5.74) is -0.000888. The molecule has 0 spiro atoms. The van der Waals surface area contributed by atoms with Gasteiger partial charge in [-0.05, 0) is 6.07 Å². The Hall–Kier alpha value is -2.97. The molecule has 2 aromatic heterocycles. The van der Waals surface area contributed by atoms with E-state index in [0.717, 1.165) is 37.8 Å². The molecule has 2 aromatic rings. The van der Waals surface area contributed by atoms with Crippen molar-refractivity contribution in [2.24, 2.45) is 0 Å². The van der Waals surface area contributed by atoms with Crippen LogP contribution in [0.25, 0.3) is 0 Å². The topological polar surface area (TPSA) is 97.5 Å². The molecule has 3 heterocycles. The number of piperazine rings is 1. The highest BCUT2D eigenvalue weighted by molar-refractivity contribution is 5.46. The molecule has 0 saturated carbocycles. The first kappa shape index (κ1) is 14.9. The Bertz CT molecular complexity index is 685. The van der Waals surface area contributed by atoms with Gasteiger partial charge in [0.15, 0.2) is 5.82 Å². The van der Waals surface area contributed by atoms with E-state index in [1.807, 2.05) is 0 Å². The van der Waals surface area contributed by atoms with Crippen molar-refractivity contribution in [2.45, 2.75) is 0 Å². The number of hydrogen-bond donors (Lipinski definition) is 0. The van der Waals surface area contributed by atoms with Gasteiger partial charge in [-0.15, -0.1) is 0 Å². The average molecular weight is 316 g/mol. The highest BCUT2D eigenvalue weighted by Crippen LogP contribution is 2.20. The lowest BCUT2D eigenvalue weighted by atomic mass is 10.3. The van der Waals surface area contributed by atoms with Gasteiger partial charge in [0.2, 0.25) is 5.88 Å². The van der Waals surface area contributed by atoms with Crippen LogP contribution in [0.2, 0.25) is 0 Å². The highest BCUT2D eigenvalue weighted by Gasteiger charge is 2.20. The molecule has 23 heavy (non-hydrogen) atoms. The second kappa shape index (κ2) is 6.42. The second-order valence-electron chi connectivity index (χ2n) is 5.03. The minimum atomic E-state index is -0.448. The van der Waals surface area contributed by atoms with Gasteiger partial charge in [0, 0.05) is 32.2 Å². The summed E-state index contributed by atoms with van der Waals surface area (Å²) in [5.74, 6) is 2.01. The number of aromatic nitrogens is 3. The summed E-state index contributed by atoms with van der Waals surface area (Å²) in [6.45, 7) is 3.04. The van der Waals surface area contributed by atoms with Crippen molar-refractivity contribution in [1.82, 2.24) is 15.0 Å². The van der Waals surface area contributed by atoms with Crippen LogP contribution in [0, 0.1) is 10.1 Å². The summed E-state index contributed by atoms with van der Waals surface area (Å²) in [6, 6.07) is 3.15. The normalized spacial score (nSPS) is 14.7. The zero-order valence-corrected chi connectivity index (χ0v) is 12.6. The number of anilines is 2. The Morgan fingerprint density at radius 1 is 1.09 bits per heavy atom. The molecule has 0 aromatic carbocycles. The molecule has 1 fully saturated rings. The molecular weight excluding hydrogens is 300 g/mol. The van der Waals surface area contributed by atoms with Crippen molar-refractivity contribution in [3.63, 3.8) is 0 Å². The Balaban J connectivity index is 1.64. The number of ether oxygens (including phenoxy) is 1. The van der Waals surface area contributed by atoms with Crippen LogP contribution in [0.3, 0.4) is 0 Å². The lowest BCUT2D eigenvalue weighted by molar-refractivity contribution is -0.385. The third-order valence-electron chi connectivity index (χ3n) is 3.68. The van der Waals surface area contributed by atoms with Crippen LogP contribution in [-0.2, 0) is 0 Å². The minimum absolute atomic E-state index is 0.000888. The van der Waals surface area contributed by atoms with Crippen molar-refractivity contribution in [3.05, 3.63) is 40.8 Å². The van der Waals surface area contributed by atoms with E-state index in [1.54, 1.807) is 25.6 Å². The van der Waals surface area contributed by atoms with Crippen LogP contribution in [-0.4, -0.2) is 53.2 Å².